The van der Waals surface area contributed by atoms with Gasteiger partial charge >= 0.3 is 0 Å². The molecule has 0 atom stereocenters. The molecule has 1 saturated carbocycles. The van der Waals surface area contributed by atoms with Gasteiger partial charge < -0.3 is 4.74 Å². The van der Waals surface area contributed by atoms with Crippen LogP contribution in [0.15, 0.2) is 18.2 Å². The van der Waals surface area contributed by atoms with Crippen molar-refractivity contribution in [2.24, 2.45) is 5.92 Å². The SMILES string of the molecule is Fc1ccc(OCC2CC2)c(I)c1. The third-order valence-corrected chi connectivity index (χ3v) is 2.91. The molecule has 1 nitrogen and oxygen atoms in total. The Labute approximate surface area is 90.4 Å². The van der Waals surface area contributed by atoms with Crippen LogP contribution in [0.4, 0.5) is 4.39 Å². The van der Waals surface area contributed by atoms with Crippen LogP contribution in [0.2, 0.25) is 0 Å². The minimum absolute atomic E-state index is 0.205. The first kappa shape index (κ1) is 9.24. The Kier molecular flexibility index (Phi) is 2.71. The second-order valence-corrected chi connectivity index (χ2v) is 4.49. The van der Waals surface area contributed by atoms with Gasteiger partial charge in [-0.05, 0) is 59.5 Å². The summed E-state index contributed by atoms with van der Waals surface area (Å²) in [7, 11) is 0. The number of rotatable bonds is 3. The zero-order valence-electron chi connectivity index (χ0n) is 7.09. The standard InChI is InChI=1S/C10H10FIO/c11-8-3-4-10(9(12)5-8)13-6-7-1-2-7/h3-5,7H,1-2,6H2. The molecule has 13 heavy (non-hydrogen) atoms. The van der Waals surface area contributed by atoms with Crippen LogP contribution in [-0.4, -0.2) is 6.61 Å². The summed E-state index contributed by atoms with van der Waals surface area (Å²) in [6, 6.07) is 4.62. The highest BCUT2D eigenvalue weighted by Crippen LogP contribution is 2.30. The molecule has 0 saturated heterocycles. The molecular weight excluding hydrogens is 282 g/mol. The second kappa shape index (κ2) is 3.82. The number of hydrogen-bond acceptors (Lipinski definition) is 1. The highest BCUT2D eigenvalue weighted by molar-refractivity contribution is 14.1. The molecule has 0 bridgehead atoms. The third-order valence-electron chi connectivity index (χ3n) is 2.07. The number of benzene rings is 1. The molecule has 0 radical (unpaired) electrons. The van der Waals surface area contributed by atoms with Gasteiger partial charge in [0, 0.05) is 0 Å². The monoisotopic (exact) mass is 292 g/mol. The molecule has 1 aliphatic rings. The molecule has 3 heteroatoms. The van der Waals surface area contributed by atoms with Crippen molar-refractivity contribution in [3.63, 3.8) is 0 Å². The van der Waals surface area contributed by atoms with Crippen LogP contribution in [0.25, 0.3) is 0 Å². The van der Waals surface area contributed by atoms with Crippen molar-refractivity contribution in [2.75, 3.05) is 6.61 Å². The Bertz CT molecular complexity index is 310. The van der Waals surface area contributed by atoms with E-state index in [1.54, 1.807) is 6.07 Å². The average Bonchev–Trinajstić information content (AvgIpc) is 2.86. The summed E-state index contributed by atoms with van der Waals surface area (Å²) in [5, 5.41) is 0. The molecule has 0 heterocycles. The van der Waals surface area contributed by atoms with Crippen molar-refractivity contribution in [3.8, 4) is 5.75 Å². The van der Waals surface area contributed by atoms with Gasteiger partial charge in [-0.2, -0.15) is 0 Å². The summed E-state index contributed by atoms with van der Waals surface area (Å²) in [6.07, 6.45) is 2.55. The molecule has 1 aromatic rings. The summed E-state index contributed by atoms with van der Waals surface area (Å²) in [5.74, 6) is 1.33. The summed E-state index contributed by atoms with van der Waals surface area (Å²) < 4.78 is 19.1. The van der Waals surface area contributed by atoms with Crippen molar-refractivity contribution < 1.29 is 9.13 Å². The van der Waals surface area contributed by atoms with Gasteiger partial charge in [0.15, 0.2) is 0 Å². The maximum atomic E-state index is 12.7. The van der Waals surface area contributed by atoms with E-state index < -0.39 is 0 Å². The van der Waals surface area contributed by atoms with Crippen LogP contribution in [-0.2, 0) is 0 Å². The highest BCUT2D eigenvalue weighted by atomic mass is 127. The lowest BCUT2D eigenvalue weighted by molar-refractivity contribution is 0.297. The molecule has 0 unspecified atom stereocenters. The minimum atomic E-state index is -0.205. The number of hydrogen-bond donors (Lipinski definition) is 0. The van der Waals surface area contributed by atoms with Crippen LogP contribution in [0.3, 0.4) is 0 Å². The summed E-state index contributed by atoms with van der Waals surface area (Å²) in [5.41, 5.74) is 0. The normalized spacial score (nSPS) is 15.8. The van der Waals surface area contributed by atoms with Gasteiger partial charge in [0.1, 0.15) is 11.6 Å². The predicted octanol–water partition coefficient (Wildman–Crippen LogP) is 3.22. The smallest absolute Gasteiger partial charge is 0.132 e. The molecule has 1 fully saturated rings. The topological polar surface area (TPSA) is 9.23 Å². The van der Waals surface area contributed by atoms with Gasteiger partial charge in [-0.25, -0.2) is 4.39 Å². The van der Waals surface area contributed by atoms with E-state index in [2.05, 4.69) is 22.6 Å². The van der Waals surface area contributed by atoms with Crippen molar-refractivity contribution >= 4 is 22.6 Å². The Balaban J connectivity index is 2.01. The lowest BCUT2D eigenvalue weighted by Crippen LogP contribution is -2.00. The molecule has 70 valence electrons. The van der Waals surface area contributed by atoms with Crippen molar-refractivity contribution in [1.29, 1.82) is 0 Å². The predicted molar refractivity (Wildman–Crippen MR) is 57.3 cm³/mol. The Morgan fingerprint density at radius 1 is 1.46 bits per heavy atom. The fraction of sp³-hybridized carbons (Fsp3) is 0.400. The first-order valence-corrected chi connectivity index (χ1v) is 5.41. The van der Waals surface area contributed by atoms with Crippen LogP contribution in [0.1, 0.15) is 12.8 Å². The van der Waals surface area contributed by atoms with Gasteiger partial charge in [-0.3, -0.25) is 0 Å². The van der Waals surface area contributed by atoms with Crippen molar-refractivity contribution in [3.05, 3.63) is 27.6 Å². The molecule has 1 aromatic carbocycles. The molecule has 0 amide bonds. The molecule has 0 aliphatic heterocycles. The first-order valence-electron chi connectivity index (χ1n) is 4.33. The maximum Gasteiger partial charge on any atom is 0.132 e. The van der Waals surface area contributed by atoms with E-state index in [1.165, 1.54) is 25.0 Å². The van der Waals surface area contributed by atoms with Gasteiger partial charge in [0.2, 0.25) is 0 Å². The largest absolute Gasteiger partial charge is 0.492 e. The first-order chi connectivity index (χ1) is 6.25. The fourth-order valence-corrected chi connectivity index (χ4v) is 1.72. The highest BCUT2D eigenvalue weighted by Gasteiger charge is 2.22. The Morgan fingerprint density at radius 3 is 2.85 bits per heavy atom. The Morgan fingerprint density at radius 2 is 2.23 bits per heavy atom. The van der Waals surface area contributed by atoms with E-state index >= 15 is 0 Å². The lowest BCUT2D eigenvalue weighted by Gasteiger charge is -2.06. The van der Waals surface area contributed by atoms with Crippen LogP contribution in [0.5, 0.6) is 5.75 Å². The van der Waals surface area contributed by atoms with E-state index in [0.29, 0.717) is 0 Å². The van der Waals surface area contributed by atoms with Crippen molar-refractivity contribution in [2.45, 2.75) is 12.8 Å². The van der Waals surface area contributed by atoms with Crippen LogP contribution in [0, 0.1) is 15.3 Å². The van der Waals surface area contributed by atoms with E-state index in [4.69, 9.17) is 4.74 Å². The van der Waals surface area contributed by atoms with E-state index in [9.17, 15) is 4.39 Å². The number of halogens is 2. The minimum Gasteiger partial charge on any atom is -0.492 e. The van der Waals surface area contributed by atoms with E-state index in [-0.39, 0.29) is 5.82 Å². The van der Waals surface area contributed by atoms with Crippen molar-refractivity contribution in [1.82, 2.24) is 0 Å². The maximum absolute atomic E-state index is 12.7. The third kappa shape index (κ3) is 2.56. The molecule has 0 N–H and O–H groups in total. The van der Waals surface area contributed by atoms with Gasteiger partial charge in [-0.1, -0.05) is 0 Å². The summed E-state index contributed by atoms with van der Waals surface area (Å²) in [6.45, 7) is 0.779. The second-order valence-electron chi connectivity index (χ2n) is 3.33. The zero-order chi connectivity index (χ0) is 9.26. The molecular formula is C10H10FIO. The lowest BCUT2D eigenvalue weighted by atomic mass is 10.3. The van der Waals surface area contributed by atoms with E-state index in [1.807, 2.05) is 0 Å². The molecule has 0 spiro atoms. The van der Waals surface area contributed by atoms with Gasteiger partial charge in [0.05, 0.1) is 10.2 Å². The Hall–Kier alpha value is -0.320. The summed E-state index contributed by atoms with van der Waals surface area (Å²) in [4.78, 5) is 0. The van der Waals surface area contributed by atoms with Crippen LogP contribution >= 0.6 is 22.6 Å². The van der Waals surface area contributed by atoms with Gasteiger partial charge in [0.25, 0.3) is 0 Å². The average molecular weight is 292 g/mol. The van der Waals surface area contributed by atoms with Gasteiger partial charge in [-0.15, -0.1) is 0 Å². The molecule has 2 rings (SSSR count). The quantitative estimate of drug-likeness (QED) is 0.777. The zero-order valence-corrected chi connectivity index (χ0v) is 9.25. The van der Waals surface area contributed by atoms with E-state index in [0.717, 1.165) is 21.8 Å². The fourth-order valence-electron chi connectivity index (χ4n) is 1.08. The number of ether oxygens (including phenoxy) is 1. The summed E-state index contributed by atoms with van der Waals surface area (Å²) >= 11 is 2.09. The molecule has 0 aromatic heterocycles. The van der Waals surface area contributed by atoms with Crippen LogP contribution < -0.4 is 4.74 Å². The molecule has 1 aliphatic carbocycles.